The highest BCUT2D eigenvalue weighted by Gasteiger charge is 2.29. The highest BCUT2D eigenvalue weighted by molar-refractivity contribution is 5.78. The van der Waals surface area contributed by atoms with Crippen molar-refractivity contribution in [1.82, 2.24) is 5.32 Å². The summed E-state index contributed by atoms with van der Waals surface area (Å²) < 4.78 is 53.2. The Hall–Kier alpha value is -1.96. The lowest BCUT2D eigenvalue weighted by atomic mass is 10.00. The summed E-state index contributed by atoms with van der Waals surface area (Å²) in [5.74, 6) is 0.591. The van der Waals surface area contributed by atoms with Crippen LogP contribution in [-0.2, 0) is 16.0 Å². The number of alkyl halides is 3. The van der Waals surface area contributed by atoms with Gasteiger partial charge in [-0.3, -0.25) is 4.79 Å². The van der Waals surface area contributed by atoms with Gasteiger partial charge in [0, 0.05) is 32.6 Å². The summed E-state index contributed by atoms with van der Waals surface area (Å²) in [5.41, 5.74) is 1.000. The van der Waals surface area contributed by atoms with Crippen LogP contribution in [0.1, 0.15) is 70.8 Å². The summed E-state index contributed by atoms with van der Waals surface area (Å²) in [6.07, 6.45) is 4.02. The average Bonchev–Trinajstić information content (AvgIpc) is 2.77. The van der Waals surface area contributed by atoms with Crippen LogP contribution in [0.15, 0.2) is 18.2 Å². The van der Waals surface area contributed by atoms with Crippen LogP contribution >= 0.6 is 0 Å². The molecule has 1 rings (SSSR count). The molecule has 0 saturated carbocycles. The normalized spacial score (nSPS) is 12.4. The van der Waals surface area contributed by atoms with Gasteiger partial charge in [0.25, 0.3) is 0 Å². The van der Waals surface area contributed by atoms with Crippen LogP contribution in [0.25, 0.3) is 0 Å². The maximum absolute atomic E-state index is 12.5. The molecule has 1 amide bonds. The molecule has 33 heavy (non-hydrogen) atoms. The second kappa shape index (κ2) is 16.6. The Kier molecular flexibility index (Phi) is 14.6. The Labute approximate surface area is 196 Å². The molecule has 0 aliphatic carbocycles. The molecule has 0 fully saturated rings. The van der Waals surface area contributed by atoms with Gasteiger partial charge in [0.05, 0.1) is 6.61 Å². The molecule has 0 aliphatic rings. The van der Waals surface area contributed by atoms with Crippen molar-refractivity contribution in [1.29, 1.82) is 0 Å². The predicted octanol–water partition coefficient (Wildman–Crippen LogP) is 6.09. The van der Waals surface area contributed by atoms with E-state index in [-0.39, 0.29) is 17.6 Å². The first-order valence-corrected chi connectivity index (χ1v) is 12.0. The molecular formula is C25H40F3NO4. The van der Waals surface area contributed by atoms with Crippen LogP contribution in [0.2, 0.25) is 0 Å². The molecule has 0 bridgehead atoms. The van der Waals surface area contributed by atoms with Crippen molar-refractivity contribution < 1.29 is 32.2 Å². The van der Waals surface area contributed by atoms with Gasteiger partial charge in [-0.2, -0.15) is 13.2 Å². The van der Waals surface area contributed by atoms with Crippen LogP contribution in [-0.4, -0.2) is 45.6 Å². The number of unbranched alkanes of at least 4 members (excludes halogenated alkanes) is 4. The number of aryl methyl sites for hydroxylation is 1. The monoisotopic (exact) mass is 475 g/mol. The van der Waals surface area contributed by atoms with E-state index >= 15 is 0 Å². The summed E-state index contributed by atoms with van der Waals surface area (Å²) in [6, 6.07) is 5.10. The standard InChI is InChI=1S/C25H40F3NO4/c1-4-5-15-29-24(30)20(2)11-8-6-7-9-12-21-13-14-22(33-19-25(26,27)28)23(18-21)32-17-10-16-31-3/h13-14,18,20H,4-12,15-17,19H2,1-3H3,(H,29,30)/t20-/m1/s1. The van der Waals surface area contributed by atoms with E-state index in [0.717, 1.165) is 63.5 Å². The van der Waals surface area contributed by atoms with E-state index in [4.69, 9.17) is 14.2 Å². The Morgan fingerprint density at radius 3 is 2.45 bits per heavy atom. The van der Waals surface area contributed by atoms with Gasteiger partial charge in [0.1, 0.15) is 0 Å². The molecule has 0 saturated heterocycles. The van der Waals surface area contributed by atoms with Gasteiger partial charge in [0.15, 0.2) is 18.1 Å². The number of nitrogens with one attached hydrogen (secondary N) is 1. The van der Waals surface area contributed by atoms with Gasteiger partial charge in [-0.15, -0.1) is 0 Å². The number of carbonyl (C=O) groups is 1. The van der Waals surface area contributed by atoms with Gasteiger partial charge < -0.3 is 19.5 Å². The fourth-order valence-corrected chi connectivity index (χ4v) is 3.31. The lowest BCUT2D eigenvalue weighted by Gasteiger charge is -2.15. The summed E-state index contributed by atoms with van der Waals surface area (Å²) in [5, 5.41) is 2.98. The quantitative estimate of drug-likeness (QED) is 0.261. The molecule has 0 aliphatic heterocycles. The number of amides is 1. The number of halogens is 3. The van der Waals surface area contributed by atoms with Gasteiger partial charge in [-0.25, -0.2) is 0 Å². The summed E-state index contributed by atoms with van der Waals surface area (Å²) in [6.45, 7) is 4.31. The number of hydrogen-bond donors (Lipinski definition) is 1. The minimum atomic E-state index is -4.40. The third-order valence-corrected chi connectivity index (χ3v) is 5.28. The second-order valence-corrected chi connectivity index (χ2v) is 8.38. The largest absolute Gasteiger partial charge is 0.490 e. The van der Waals surface area contributed by atoms with Crippen molar-refractivity contribution in [3.05, 3.63) is 23.8 Å². The number of carbonyl (C=O) groups excluding carboxylic acids is 1. The topological polar surface area (TPSA) is 56.8 Å². The number of rotatable bonds is 18. The van der Waals surface area contributed by atoms with Crippen molar-refractivity contribution >= 4 is 5.91 Å². The lowest BCUT2D eigenvalue weighted by molar-refractivity contribution is -0.153. The highest BCUT2D eigenvalue weighted by Crippen LogP contribution is 2.31. The van der Waals surface area contributed by atoms with Crippen LogP contribution in [0, 0.1) is 5.92 Å². The van der Waals surface area contributed by atoms with Gasteiger partial charge >= 0.3 is 6.18 Å². The maximum Gasteiger partial charge on any atom is 0.422 e. The predicted molar refractivity (Wildman–Crippen MR) is 124 cm³/mol. The fourth-order valence-electron chi connectivity index (χ4n) is 3.31. The van der Waals surface area contributed by atoms with Gasteiger partial charge in [-0.05, 0) is 43.4 Å². The Balaban J connectivity index is 2.43. The molecule has 0 heterocycles. The smallest absolute Gasteiger partial charge is 0.422 e. The molecule has 0 radical (unpaired) electrons. The van der Waals surface area contributed by atoms with Gasteiger partial charge in [-0.1, -0.05) is 45.6 Å². The van der Waals surface area contributed by atoms with Crippen LogP contribution in [0.5, 0.6) is 11.5 Å². The van der Waals surface area contributed by atoms with Crippen molar-refractivity contribution in [2.24, 2.45) is 5.92 Å². The number of hydrogen-bond acceptors (Lipinski definition) is 4. The van der Waals surface area contributed by atoms with Crippen LogP contribution in [0.4, 0.5) is 13.2 Å². The molecular weight excluding hydrogens is 435 g/mol. The van der Waals surface area contributed by atoms with E-state index in [0.29, 0.717) is 25.4 Å². The first-order valence-electron chi connectivity index (χ1n) is 12.0. The van der Waals surface area contributed by atoms with Crippen molar-refractivity contribution in [3.63, 3.8) is 0 Å². The van der Waals surface area contributed by atoms with E-state index in [1.165, 1.54) is 0 Å². The van der Waals surface area contributed by atoms with Gasteiger partial charge in [0.2, 0.25) is 5.91 Å². The first kappa shape index (κ1) is 29.1. The molecule has 190 valence electrons. The van der Waals surface area contributed by atoms with E-state index in [1.807, 2.05) is 6.92 Å². The maximum atomic E-state index is 12.5. The minimum absolute atomic E-state index is 0.0314. The Bertz CT molecular complexity index is 668. The fraction of sp³-hybridized carbons (Fsp3) is 0.720. The Morgan fingerprint density at radius 1 is 1.00 bits per heavy atom. The summed E-state index contributed by atoms with van der Waals surface area (Å²) in [7, 11) is 1.58. The molecule has 0 spiro atoms. The van der Waals surface area contributed by atoms with Crippen molar-refractivity contribution in [2.75, 3.05) is 33.5 Å². The van der Waals surface area contributed by atoms with Crippen molar-refractivity contribution in [2.45, 2.75) is 77.8 Å². The highest BCUT2D eigenvalue weighted by atomic mass is 19.4. The zero-order valence-corrected chi connectivity index (χ0v) is 20.3. The lowest BCUT2D eigenvalue weighted by Crippen LogP contribution is -2.29. The zero-order chi connectivity index (χ0) is 24.5. The molecule has 0 aromatic heterocycles. The van der Waals surface area contributed by atoms with Crippen LogP contribution in [0.3, 0.4) is 0 Å². The van der Waals surface area contributed by atoms with Crippen molar-refractivity contribution in [3.8, 4) is 11.5 Å². The van der Waals surface area contributed by atoms with E-state index in [2.05, 4.69) is 12.2 Å². The molecule has 1 N–H and O–H groups in total. The SMILES string of the molecule is CCCCNC(=O)[C@H](C)CCCCCCc1ccc(OCC(F)(F)F)c(OCCCOC)c1. The third kappa shape index (κ3) is 14.0. The number of ether oxygens (including phenoxy) is 3. The first-order chi connectivity index (χ1) is 15.8. The Morgan fingerprint density at radius 2 is 1.76 bits per heavy atom. The minimum Gasteiger partial charge on any atom is -0.490 e. The van der Waals surface area contributed by atoms with E-state index in [9.17, 15) is 18.0 Å². The molecule has 1 aromatic carbocycles. The molecule has 5 nitrogen and oxygen atoms in total. The van der Waals surface area contributed by atoms with E-state index < -0.39 is 12.8 Å². The third-order valence-electron chi connectivity index (χ3n) is 5.28. The molecule has 0 unspecified atom stereocenters. The average molecular weight is 476 g/mol. The second-order valence-electron chi connectivity index (χ2n) is 8.38. The summed E-state index contributed by atoms with van der Waals surface area (Å²) in [4.78, 5) is 12.0. The van der Waals surface area contributed by atoms with E-state index in [1.54, 1.807) is 25.3 Å². The molecule has 1 atom stereocenters. The number of benzene rings is 1. The number of methoxy groups -OCH3 is 1. The molecule has 1 aromatic rings. The molecule has 8 heteroatoms. The zero-order valence-electron chi connectivity index (χ0n) is 20.3. The van der Waals surface area contributed by atoms with Crippen LogP contribution < -0.4 is 14.8 Å². The summed E-state index contributed by atoms with van der Waals surface area (Å²) >= 11 is 0.